The molecule has 1 aromatic carbocycles. The summed E-state index contributed by atoms with van der Waals surface area (Å²) in [5.41, 5.74) is 0.599. The van der Waals surface area contributed by atoms with Crippen LogP contribution >= 0.6 is 24.0 Å². The Morgan fingerprint density at radius 3 is 2.71 bits per heavy atom. The smallest absolute Gasteiger partial charge is 0.255 e. The van der Waals surface area contributed by atoms with Gasteiger partial charge in [-0.2, -0.15) is 0 Å². The zero-order chi connectivity index (χ0) is 16.7. The molecule has 0 bridgehead atoms. The van der Waals surface area contributed by atoms with Gasteiger partial charge in [0.2, 0.25) is 0 Å². The van der Waals surface area contributed by atoms with Gasteiger partial charge in [0.15, 0.2) is 0 Å². The number of nitrogens with one attached hydrogen (secondary N) is 2. The lowest BCUT2D eigenvalue weighted by Crippen LogP contribution is -2.43. The van der Waals surface area contributed by atoms with Gasteiger partial charge in [-0.25, -0.2) is 0 Å². The van der Waals surface area contributed by atoms with Crippen molar-refractivity contribution in [1.29, 1.82) is 0 Å². The minimum absolute atomic E-state index is 0. The largest absolute Gasteiger partial charge is 0.490 e. The minimum atomic E-state index is -0.153. The normalized spacial score (nSPS) is 16.1. The van der Waals surface area contributed by atoms with Gasteiger partial charge >= 0.3 is 0 Å². The number of hydrogen-bond donors (Lipinski definition) is 2. The fourth-order valence-corrected chi connectivity index (χ4v) is 2.81. The van der Waals surface area contributed by atoms with Crippen LogP contribution in [-0.2, 0) is 4.74 Å². The second-order valence-corrected chi connectivity index (χ2v) is 6.66. The summed E-state index contributed by atoms with van der Waals surface area (Å²) in [6.45, 7) is 5.71. The van der Waals surface area contributed by atoms with Crippen molar-refractivity contribution in [2.24, 2.45) is 5.41 Å². The molecule has 1 fully saturated rings. The van der Waals surface area contributed by atoms with E-state index in [9.17, 15) is 4.79 Å². The first-order chi connectivity index (χ1) is 11.0. The standard InChI is InChI=1S/C17H25ClN2O3.ClH/c1-17(5-7-19-8-6-17)12-20-16(21)14-11-13(18)3-4-15(14)23-10-9-22-2;/h3-4,11,19H,5-10,12H2,1-2H3,(H,20,21);1H. The summed E-state index contributed by atoms with van der Waals surface area (Å²) < 4.78 is 10.6. The maximum absolute atomic E-state index is 12.5. The van der Waals surface area contributed by atoms with E-state index in [1.54, 1.807) is 25.3 Å². The molecule has 0 aromatic heterocycles. The van der Waals surface area contributed by atoms with E-state index < -0.39 is 0 Å². The van der Waals surface area contributed by atoms with Gasteiger partial charge in [-0.1, -0.05) is 18.5 Å². The monoisotopic (exact) mass is 376 g/mol. The summed E-state index contributed by atoms with van der Waals surface area (Å²) in [5, 5.41) is 6.89. The fraction of sp³-hybridized carbons (Fsp3) is 0.588. The molecule has 1 aromatic rings. The highest BCUT2D eigenvalue weighted by molar-refractivity contribution is 6.31. The van der Waals surface area contributed by atoms with Gasteiger partial charge in [-0.3, -0.25) is 4.79 Å². The van der Waals surface area contributed by atoms with E-state index in [2.05, 4.69) is 17.6 Å². The summed E-state index contributed by atoms with van der Waals surface area (Å²) in [6.07, 6.45) is 2.11. The molecule has 2 rings (SSSR count). The molecule has 0 atom stereocenters. The molecule has 0 saturated carbocycles. The fourth-order valence-electron chi connectivity index (χ4n) is 2.64. The summed E-state index contributed by atoms with van der Waals surface area (Å²) in [4.78, 5) is 12.5. The summed E-state index contributed by atoms with van der Waals surface area (Å²) >= 11 is 6.03. The predicted octanol–water partition coefficient (Wildman–Crippen LogP) is 2.91. The number of ether oxygens (including phenoxy) is 2. The first-order valence-electron chi connectivity index (χ1n) is 7.94. The van der Waals surface area contributed by atoms with Gasteiger partial charge in [0.1, 0.15) is 12.4 Å². The van der Waals surface area contributed by atoms with Crippen LogP contribution in [0, 0.1) is 5.41 Å². The molecule has 0 unspecified atom stereocenters. The molecule has 1 aliphatic rings. The third kappa shape index (κ3) is 6.13. The molecule has 0 aliphatic carbocycles. The lowest BCUT2D eigenvalue weighted by atomic mass is 9.81. The lowest BCUT2D eigenvalue weighted by molar-refractivity contribution is 0.0914. The van der Waals surface area contributed by atoms with Crippen molar-refractivity contribution in [3.8, 4) is 5.75 Å². The van der Waals surface area contributed by atoms with Crippen molar-refractivity contribution in [3.05, 3.63) is 28.8 Å². The molecule has 7 heteroatoms. The topological polar surface area (TPSA) is 59.6 Å². The number of methoxy groups -OCH3 is 1. The van der Waals surface area contributed by atoms with Crippen LogP contribution in [0.25, 0.3) is 0 Å². The highest BCUT2D eigenvalue weighted by atomic mass is 35.5. The summed E-state index contributed by atoms with van der Waals surface area (Å²) in [6, 6.07) is 5.08. The second-order valence-electron chi connectivity index (χ2n) is 6.23. The predicted molar refractivity (Wildman–Crippen MR) is 98.6 cm³/mol. The van der Waals surface area contributed by atoms with E-state index >= 15 is 0 Å². The molecule has 24 heavy (non-hydrogen) atoms. The SMILES string of the molecule is COCCOc1ccc(Cl)cc1C(=O)NCC1(C)CCNCC1.Cl. The van der Waals surface area contributed by atoms with Gasteiger partial charge in [0, 0.05) is 18.7 Å². The van der Waals surface area contributed by atoms with Gasteiger partial charge < -0.3 is 20.1 Å². The number of rotatable bonds is 7. The Bertz CT molecular complexity index is 535. The maximum atomic E-state index is 12.5. The van der Waals surface area contributed by atoms with Crippen molar-refractivity contribution >= 4 is 29.9 Å². The maximum Gasteiger partial charge on any atom is 0.255 e. The van der Waals surface area contributed by atoms with Crippen LogP contribution in [0.1, 0.15) is 30.1 Å². The van der Waals surface area contributed by atoms with Crippen molar-refractivity contribution in [3.63, 3.8) is 0 Å². The van der Waals surface area contributed by atoms with Crippen LogP contribution in [0.15, 0.2) is 18.2 Å². The first-order valence-corrected chi connectivity index (χ1v) is 8.32. The number of piperidine rings is 1. The Hall–Kier alpha value is -1.01. The van der Waals surface area contributed by atoms with Crippen LogP contribution < -0.4 is 15.4 Å². The van der Waals surface area contributed by atoms with Crippen molar-refractivity contribution in [2.45, 2.75) is 19.8 Å². The Labute approximate surface area is 154 Å². The first kappa shape index (κ1) is 21.0. The second kappa shape index (κ2) is 10.1. The quantitative estimate of drug-likeness (QED) is 0.718. The van der Waals surface area contributed by atoms with E-state index in [0.29, 0.717) is 36.1 Å². The average molecular weight is 377 g/mol. The Kier molecular flexibility index (Phi) is 8.84. The number of carbonyl (C=O) groups is 1. The Balaban J connectivity index is 0.00000288. The third-order valence-corrected chi connectivity index (χ3v) is 4.45. The molecule has 0 radical (unpaired) electrons. The molecule has 1 aliphatic heterocycles. The zero-order valence-corrected chi connectivity index (χ0v) is 15.8. The molecule has 0 spiro atoms. The number of amides is 1. The van der Waals surface area contributed by atoms with Gasteiger partial charge in [-0.15, -0.1) is 12.4 Å². The van der Waals surface area contributed by atoms with Gasteiger partial charge in [-0.05, 0) is 49.5 Å². The highest BCUT2D eigenvalue weighted by Gasteiger charge is 2.27. The molecule has 1 saturated heterocycles. The number of benzene rings is 1. The molecule has 2 N–H and O–H groups in total. The highest BCUT2D eigenvalue weighted by Crippen LogP contribution is 2.28. The molecular weight excluding hydrogens is 351 g/mol. The number of carbonyl (C=O) groups excluding carboxylic acids is 1. The van der Waals surface area contributed by atoms with E-state index in [1.807, 2.05) is 0 Å². The molecule has 1 heterocycles. The number of halogens is 2. The lowest BCUT2D eigenvalue weighted by Gasteiger charge is -2.34. The molecular formula is C17H26Cl2N2O3. The van der Waals surface area contributed by atoms with Gasteiger partial charge in [0.25, 0.3) is 5.91 Å². The van der Waals surface area contributed by atoms with Crippen LogP contribution in [-0.4, -0.2) is 45.9 Å². The van der Waals surface area contributed by atoms with Crippen LogP contribution in [0.4, 0.5) is 0 Å². The van der Waals surface area contributed by atoms with Crippen molar-refractivity contribution in [2.75, 3.05) is 40.0 Å². The van der Waals surface area contributed by atoms with E-state index in [-0.39, 0.29) is 23.7 Å². The Morgan fingerprint density at radius 2 is 2.04 bits per heavy atom. The van der Waals surface area contributed by atoms with E-state index in [1.165, 1.54) is 0 Å². The number of hydrogen-bond acceptors (Lipinski definition) is 4. The zero-order valence-electron chi connectivity index (χ0n) is 14.2. The average Bonchev–Trinajstić information content (AvgIpc) is 2.55. The van der Waals surface area contributed by atoms with Crippen LogP contribution in [0.5, 0.6) is 5.75 Å². The van der Waals surface area contributed by atoms with E-state index in [4.69, 9.17) is 21.1 Å². The van der Waals surface area contributed by atoms with E-state index in [0.717, 1.165) is 25.9 Å². The van der Waals surface area contributed by atoms with Crippen LogP contribution in [0.2, 0.25) is 5.02 Å². The minimum Gasteiger partial charge on any atom is -0.490 e. The molecule has 136 valence electrons. The summed E-state index contributed by atoms with van der Waals surface area (Å²) in [5.74, 6) is 0.374. The van der Waals surface area contributed by atoms with Crippen molar-refractivity contribution < 1.29 is 14.3 Å². The van der Waals surface area contributed by atoms with Crippen LogP contribution in [0.3, 0.4) is 0 Å². The Morgan fingerprint density at radius 1 is 1.33 bits per heavy atom. The summed E-state index contributed by atoms with van der Waals surface area (Å²) in [7, 11) is 1.61. The molecule has 1 amide bonds. The third-order valence-electron chi connectivity index (χ3n) is 4.22. The van der Waals surface area contributed by atoms with Crippen molar-refractivity contribution in [1.82, 2.24) is 10.6 Å². The molecule has 5 nitrogen and oxygen atoms in total. The van der Waals surface area contributed by atoms with Gasteiger partial charge in [0.05, 0.1) is 12.2 Å².